The van der Waals surface area contributed by atoms with Crippen molar-refractivity contribution in [2.45, 2.75) is 20.3 Å². The van der Waals surface area contributed by atoms with E-state index in [-0.39, 0.29) is 0 Å². The highest BCUT2D eigenvalue weighted by Crippen LogP contribution is 2.00. The van der Waals surface area contributed by atoms with Crippen LogP contribution in [0, 0.1) is 5.92 Å². The molecule has 0 radical (unpaired) electrons. The monoisotopic (exact) mass is 138 g/mol. The van der Waals surface area contributed by atoms with Gasteiger partial charge in [-0.25, -0.2) is 0 Å². The minimum atomic E-state index is 0.542. The van der Waals surface area contributed by atoms with E-state index in [1.807, 2.05) is 6.08 Å². The molecule has 0 rings (SSSR count). The van der Waals surface area contributed by atoms with Crippen molar-refractivity contribution in [3.05, 3.63) is 24.3 Å². The number of allylic oxidation sites excluding steroid dienone is 3. The van der Waals surface area contributed by atoms with Crippen LogP contribution < -0.4 is 0 Å². The molecular formula is C9H14O. The molecule has 1 nitrogen and oxygen atoms in total. The first-order chi connectivity index (χ1) is 4.66. The van der Waals surface area contributed by atoms with E-state index in [0.717, 1.165) is 12.7 Å². The molecule has 0 atom stereocenters. The number of hydrogen-bond acceptors (Lipinski definition) is 1. The van der Waals surface area contributed by atoms with Crippen LogP contribution in [0.2, 0.25) is 0 Å². The first kappa shape index (κ1) is 9.15. The van der Waals surface area contributed by atoms with E-state index in [4.69, 9.17) is 0 Å². The van der Waals surface area contributed by atoms with Crippen LogP contribution in [0.25, 0.3) is 0 Å². The van der Waals surface area contributed by atoms with Crippen molar-refractivity contribution in [3.63, 3.8) is 0 Å². The Bertz CT molecular complexity index is 143. The Morgan fingerprint density at radius 2 is 2.20 bits per heavy atom. The minimum Gasteiger partial charge on any atom is -0.298 e. The molecule has 0 saturated heterocycles. The Hall–Kier alpha value is -0.850. The highest BCUT2D eigenvalue weighted by molar-refractivity contribution is 5.76. The lowest BCUT2D eigenvalue weighted by molar-refractivity contribution is -0.104. The molecule has 0 unspecified atom stereocenters. The Balaban J connectivity index is 3.55. The van der Waals surface area contributed by atoms with E-state index in [2.05, 4.69) is 20.4 Å². The molecule has 0 aromatic rings. The van der Waals surface area contributed by atoms with Crippen molar-refractivity contribution in [3.8, 4) is 0 Å². The third-order valence-electron chi connectivity index (χ3n) is 1.09. The minimum absolute atomic E-state index is 0.542. The zero-order valence-electron chi connectivity index (χ0n) is 6.63. The maximum absolute atomic E-state index is 10.0. The van der Waals surface area contributed by atoms with Crippen LogP contribution in [0.5, 0.6) is 0 Å². The third-order valence-corrected chi connectivity index (χ3v) is 1.09. The summed E-state index contributed by atoms with van der Waals surface area (Å²) >= 11 is 0. The predicted molar refractivity (Wildman–Crippen MR) is 43.8 cm³/mol. The van der Waals surface area contributed by atoms with Crippen LogP contribution >= 0.6 is 0 Å². The van der Waals surface area contributed by atoms with E-state index < -0.39 is 0 Å². The van der Waals surface area contributed by atoms with Gasteiger partial charge in [-0.2, -0.15) is 0 Å². The molecule has 1 heteroatoms. The van der Waals surface area contributed by atoms with E-state index in [1.54, 1.807) is 6.08 Å². The maximum Gasteiger partial charge on any atom is 0.149 e. The largest absolute Gasteiger partial charge is 0.298 e. The fraction of sp³-hybridized carbons (Fsp3) is 0.444. The lowest BCUT2D eigenvalue weighted by Crippen LogP contribution is -1.82. The standard InChI is InChI=1S/C9H14O/c1-8(2)5-4-6-9(3)7-10/h4,6-8H,3,5H2,1-2H3. The lowest BCUT2D eigenvalue weighted by atomic mass is 10.1. The first-order valence-electron chi connectivity index (χ1n) is 3.47. The average molecular weight is 138 g/mol. The zero-order valence-corrected chi connectivity index (χ0v) is 6.63. The van der Waals surface area contributed by atoms with Crippen molar-refractivity contribution in [1.82, 2.24) is 0 Å². The molecule has 0 aromatic carbocycles. The topological polar surface area (TPSA) is 17.1 Å². The second-order valence-electron chi connectivity index (χ2n) is 2.72. The summed E-state index contributed by atoms with van der Waals surface area (Å²) in [6.45, 7) is 7.78. The van der Waals surface area contributed by atoms with Crippen LogP contribution in [-0.2, 0) is 4.79 Å². The summed E-state index contributed by atoms with van der Waals surface area (Å²) in [6, 6.07) is 0. The molecule has 0 fully saturated rings. The molecule has 0 spiro atoms. The lowest BCUT2D eigenvalue weighted by Gasteiger charge is -1.95. The highest BCUT2D eigenvalue weighted by Gasteiger charge is 1.87. The van der Waals surface area contributed by atoms with Crippen LogP contribution in [-0.4, -0.2) is 6.29 Å². The molecule has 0 heterocycles. The molecule has 10 heavy (non-hydrogen) atoms. The Kier molecular flexibility index (Phi) is 4.55. The van der Waals surface area contributed by atoms with Crippen molar-refractivity contribution in [2.24, 2.45) is 5.92 Å². The van der Waals surface area contributed by atoms with Gasteiger partial charge in [-0.1, -0.05) is 32.6 Å². The molecular weight excluding hydrogens is 124 g/mol. The molecule has 0 bridgehead atoms. The molecule has 0 N–H and O–H groups in total. The van der Waals surface area contributed by atoms with Gasteiger partial charge in [0.25, 0.3) is 0 Å². The van der Waals surface area contributed by atoms with Gasteiger partial charge in [-0.3, -0.25) is 4.79 Å². The third kappa shape index (κ3) is 5.29. The Morgan fingerprint density at radius 3 is 2.60 bits per heavy atom. The van der Waals surface area contributed by atoms with Gasteiger partial charge in [0.15, 0.2) is 0 Å². The van der Waals surface area contributed by atoms with Gasteiger partial charge in [0, 0.05) is 5.57 Å². The summed E-state index contributed by atoms with van der Waals surface area (Å²) in [4.78, 5) is 10.0. The van der Waals surface area contributed by atoms with Gasteiger partial charge < -0.3 is 0 Å². The van der Waals surface area contributed by atoms with Crippen molar-refractivity contribution in [1.29, 1.82) is 0 Å². The molecule has 0 aliphatic heterocycles. The van der Waals surface area contributed by atoms with E-state index in [1.165, 1.54) is 0 Å². The Labute approximate surface area is 62.4 Å². The van der Waals surface area contributed by atoms with Crippen molar-refractivity contribution >= 4 is 6.29 Å². The molecule has 0 amide bonds. The summed E-state index contributed by atoms with van der Waals surface area (Å²) in [5.74, 6) is 0.649. The van der Waals surface area contributed by atoms with E-state index in [0.29, 0.717) is 11.5 Å². The molecule has 0 aliphatic rings. The molecule has 56 valence electrons. The van der Waals surface area contributed by atoms with Crippen molar-refractivity contribution in [2.75, 3.05) is 0 Å². The second kappa shape index (κ2) is 4.98. The van der Waals surface area contributed by atoms with Gasteiger partial charge in [0.05, 0.1) is 0 Å². The van der Waals surface area contributed by atoms with Crippen LogP contribution in [0.3, 0.4) is 0 Å². The molecule has 0 aromatic heterocycles. The first-order valence-corrected chi connectivity index (χ1v) is 3.47. The van der Waals surface area contributed by atoms with Crippen molar-refractivity contribution < 1.29 is 4.79 Å². The van der Waals surface area contributed by atoms with E-state index >= 15 is 0 Å². The van der Waals surface area contributed by atoms with Gasteiger partial charge in [0.1, 0.15) is 6.29 Å². The summed E-state index contributed by atoms with van der Waals surface area (Å²) < 4.78 is 0. The maximum atomic E-state index is 10.0. The van der Waals surface area contributed by atoms with Crippen LogP contribution in [0.4, 0.5) is 0 Å². The Morgan fingerprint density at radius 1 is 1.60 bits per heavy atom. The number of hydrogen-bond donors (Lipinski definition) is 0. The van der Waals surface area contributed by atoms with Crippen LogP contribution in [0.15, 0.2) is 24.3 Å². The van der Waals surface area contributed by atoms with Gasteiger partial charge in [0.2, 0.25) is 0 Å². The van der Waals surface area contributed by atoms with Crippen LogP contribution in [0.1, 0.15) is 20.3 Å². The van der Waals surface area contributed by atoms with Gasteiger partial charge >= 0.3 is 0 Å². The SMILES string of the molecule is C=C(C=O)C=CCC(C)C. The summed E-state index contributed by atoms with van der Waals surface area (Å²) in [6.07, 6.45) is 5.50. The number of carbonyl (C=O) groups excluding carboxylic acids is 1. The van der Waals surface area contributed by atoms with Gasteiger partial charge in [-0.05, 0) is 12.3 Å². The summed E-state index contributed by atoms with van der Waals surface area (Å²) in [5, 5.41) is 0. The predicted octanol–water partition coefficient (Wildman–Crippen LogP) is 2.34. The summed E-state index contributed by atoms with van der Waals surface area (Å²) in [5.41, 5.74) is 0.542. The van der Waals surface area contributed by atoms with Gasteiger partial charge in [-0.15, -0.1) is 0 Å². The zero-order chi connectivity index (χ0) is 7.98. The number of carbonyl (C=O) groups is 1. The smallest absolute Gasteiger partial charge is 0.149 e. The molecule has 0 aliphatic carbocycles. The second-order valence-corrected chi connectivity index (χ2v) is 2.72. The quantitative estimate of drug-likeness (QED) is 0.331. The fourth-order valence-corrected chi connectivity index (χ4v) is 0.531. The summed E-state index contributed by atoms with van der Waals surface area (Å²) in [7, 11) is 0. The molecule has 0 saturated carbocycles. The number of rotatable bonds is 4. The normalized spacial score (nSPS) is 10.7. The average Bonchev–Trinajstić information content (AvgIpc) is 1.87. The highest BCUT2D eigenvalue weighted by atomic mass is 16.1. The number of aldehydes is 1. The fourth-order valence-electron chi connectivity index (χ4n) is 0.531. The van der Waals surface area contributed by atoms with E-state index in [9.17, 15) is 4.79 Å².